The summed E-state index contributed by atoms with van der Waals surface area (Å²) in [7, 11) is -7.24. The van der Waals surface area contributed by atoms with Crippen LogP contribution in [0.15, 0.2) is 53.4 Å². The molecular formula is C17H16FNO5S2. The molecule has 26 heavy (non-hydrogen) atoms. The highest BCUT2D eigenvalue weighted by Crippen LogP contribution is 2.26. The molecule has 1 fully saturated rings. The Bertz CT molecular complexity index is 1060. The third-order valence-corrected chi connectivity index (χ3v) is 8.35. The SMILES string of the molecule is O=C(Nc1ccccc1F)c1cccc(S(=O)(=O)[C@H]2CCS(=O)(=O)C2)c1. The molecule has 0 aliphatic carbocycles. The van der Waals surface area contributed by atoms with E-state index in [2.05, 4.69) is 5.32 Å². The summed E-state index contributed by atoms with van der Waals surface area (Å²) >= 11 is 0. The second kappa shape index (κ2) is 6.81. The quantitative estimate of drug-likeness (QED) is 0.851. The van der Waals surface area contributed by atoms with Crippen molar-refractivity contribution in [3.05, 3.63) is 59.9 Å². The molecule has 0 spiro atoms. The molecular weight excluding hydrogens is 381 g/mol. The van der Waals surface area contributed by atoms with E-state index in [0.29, 0.717) is 0 Å². The average molecular weight is 397 g/mol. The Kier molecular flexibility index (Phi) is 4.85. The Labute approximate surface area is 150 Å². The topological polar surface area (TPSA) is 97.4 Å². The van der Waals surface area contributed by atoms with Gasteiger partial charge in [0.2, 0.25) is 0 Å². The van der Waals surface area contributed by atoms with Gasteiger partial charge in [-0.25, -0.2) is 21.2 Å². The van der Waals surface area contributed by atoms with Crippen LogP contribution in [-0.2, 0) is 19.7 Å². The molecule has 1 amide bonds. The zero-order chi connectivity index (χ0) is 18.9. The van der Waals surface area contributed by atoms with Crippen LogP contribution < -0.4 is 5.32 Å². The van der Waals surface area contributed by atoms with Crippen LogP contribution in [0.4, 0.5) is 10.1 Å². The average Bonchev–Trinajstić information content (AvgIpc) is 2.98. The molecule has 0 aromatic heterocycles. The predicted molar refractivity (Wildman–Crippen MR) is 95.0 cm³/mol. The van der Waals surface area contributed by atoms with Gasteiger partial charge in [0, 0.05) is 5.56 Å². The number of anilines is 1. The van der Waals surface area contributed by atoms with E-state index in [9.17, 15) is 26.0 Å². The van der Waals surface area contributed by atoms with Crippen LogP contribution in [0.3, 0.4) is 0 Å². The molecule has 0 bridgehead atoms. The standard InChI is InChI=1S/C17H16FNO5S2/c18-15-6-1-2-7-16(15)19-17(20)12-4-3-5-13(10-12)26(23,24)14-8-9-25(21,22)11-14/h1-7,10,14H,8-9,11H2,(H,19,20)/t14-/m0/s1. The van der Waals surface area contributed by atoms with Crippen molar-refractivity contribution in [2.24, 2.45) is 0 Å². The van der Waals surface area contributed by atoms with Crippen molar-refractivity contribution in [1.29, 1.82) is 0 Å². The van der Waals surface area contributed by atoms with Crippen LogP contribution in [0, 0.1) is 5.82 Å². The highest BCUT2D eigenvalue weighted by atomic mass is 32.2. The van der Waals surface area contributed by atoms with E-state index in [1.54, 1.807) is 6.07 Å². The molecule has 2 aromatic carbocycles. The number of halogens is 1. The van der Waals surface area contributed by atoms with Crippen LogP contribution in [0.25, 0.3) is 0 Å². The van der Waals surface area contributed by atoms with E-state index in [0.717, 1.165) is 0 Å². The lowest BCUT2D eigenvalue weighted by atomic mass is 10.2. The van der Waals surface area contributed by atoms with Gasteiger partial charge in [0.25, 0.3) is 5.91 Å². The normalized spacial score (nSPS) is 19.2. The number of rotatable bonds is 4. The largest absolute Gasteiger partial charge is 0.319 e. The Morgan fingerprint density at radius 1 is 1.12 bits per heavy atom. The van der Waals surface area contributed by atoms with Crippen molar-refractivity contribution < 1.29 is 26.0 Å². The van der Waals surface area contributed by atoms with Crippen LogP contribution in [0.2, 0.25) is 0 Å². The Morgan fingerprint density at radius 2 is 1.85 bits per heavy atom. The molecule has 0 unspecified atom stereocenters. The van der Waals surface area contributed by atoms with E-state index in [1.165, 1.54) is 42.5 Å². The van der Waals surface area contributed by atoms with Gasteiger partial charge in [-0.3, -0.25) is 4.79 Å². The van der Waals surface area contributed by atoms with Crippen molar-refractivity contribution in [3.63, 3.8) is 0 Å². The number of hydrogen-bond donors (Lipinski definition) is 1. The summed E-state index contributed by atoms with van der Waals surface area (Å²) in [4.78, 5) is 12.2. The minimum atomic E-state index is -3.88. The summed E-state index contributed by atoms with van der Waals surface area (Å²) in [6, 6.07) is 10.9. The van der Waals surface area contributed by atoms with Crippen LogP contribution >= 0.6 is 0 Å². The van der Waals surface area contributed by atoms with E-state index < -0.39 is 42.4 Å². The zero-order valence-corrected chi connectivity index (χ0v) is 15.2. The van der Waals surface area contributed by atoms with Gasteiger partial charge >= 0.3 is 0 Å². The summed E-state index contributed by atoms with van der Waals surface area (Å²) in [6.45, 7) is 0. The second-order valence-corrected chi connectivity index (χ2v) is 10.5. The highest BCUT2D eigenvalue weighted by Gasteiger charge is 2.38. The van der Waals surface area contributed by atoms with Gasteiger partial charge in [0.1, 0.15) is 5.82 Å². The van der Waals surface area contributed by atoms with Crippen LogP contribution in [0.1, 0.15) is 16.8 Å². The van der Waals surface area contributed by atoms with Gasteiger partial charge in [0.05, 0.1) is 27.3 Å². The number of carbonyl (C=O) groups is 1. The van der Waals surface area contributed by atoms with Crippen molar-refractivity contribution in [1.82, 2.24) is 0 Å². The number of amides is 1. The van der Waals surface area contributed by atoms with Gasteiger partial charge < -0.3 is 5.32 Å². The molecule has 2 aromatic rings. The van der Waals surface area contributed by atoms with E-state index >= 15 is 0 Å². The molecule has 138 valence electrons. The maximum atomic E-state index is 13.6. The molecule has 9 heteroatoms. The first-order valence-corrected chi connectivity index (χ1v) is 11.2. The number of sulfone groups is 2. The molecule has 6 nitrogen and oxygen atoms in total. The molecule has 1 atom stereocenters. The molecule has 1 saturated heterocycles. The fourth-order valence-corrected chi connectivity index (χ4v) is 7.17. The van der Waals surface area contributed by atoms with E-state index in [-0.39, 0.29) is 28.3 Å². The minimum Gasteiger partial charge on any atom is -0.319 e. The molecule has 1 N–H and O–H groups in total. The fraction of sp³-hybridized carbons (Fsp3) is 0.235. The third kappa shape index (κ3) is 3.78. The highest BCUT2D eigenvalue weighted by molar-refractivity contribution is 7.96. The van der Waals surface area contributed by atoms with Gasteiger partial charge in [-0.05, 0) is 36.8 Å². The zero-order valence-electron chi connectivity index (χ0n) is 13.6. The van der Waals surface area contributed by atoms with Crippen molar-refractivity contribution in [2.75, 3.05) is 16.8 Å². The maximum absolute atomic E-state index is 13.6. The molecule has 1 heterocycles. The monoisotopic (exact) mass is 397 g/mol. The van der Waals surface area contributed by atoms with Crippen molar-refractivity contribution in [3.8, 4) is 0 Å². The molecule has 1 aliphatic heterocycles. The Morgan fingerprint density at radius 3 is 2.50 bits per heavy atom. The summed E-state index contributed by atoms with van der Waals surface area (Å²) in [5.74, 6) is -1.85. The maximum Gasteiger partial charge on any atom is 0.255 e. The Balaban J connectivity index is 1.86. The summed E-state index contributed by atoms with van der Waals surface area (Å²) in [5.41, 5.74) is 0.0165. The third-order valence-electron chi connectivity index (χ3n) is 4.18. The van der Waals surface area contributed by atoms with Gasteiger partial charge in [-0.1, -0.05) is 18.2 Å². The van der Waals surface area contributed by atoms with Crippen LogP contribution in [-0.4, -0.2) is 39.5 Å². The lowest BCUT2D eigenvalue weighted by molar-refractivity contribution is 0.102. The van der Waals surface area contributed by atoms with E-state index in [4.69, 9.17) is 0 Å². The smallest absolute Gasteiger partial charge is 0.255 e. The second-order valence-electron chi connectivity index (χ2n) is 6.03. The number of nitrogens with one attached hydrogen (secondary N) is 1. The lowest BCUT2D eigenvalue weighted by Crippen LogP contribution is -2.23. The lowest BCUT2D eigenvalue weighted by Gasteiger charge is -2.12. The van der Waals surface area contributed by atoms with Gasteiger partial charge in [-0.2, -0.15) is 0 Å². The summed E-state index contributed by atoms with van der Waals surface area (Å²) in [5, 5.41) is 1.37. The number of para-hydroxylation sites is 1. The molecule has 0 saturated carbocycles. The van der Waals surface area contributed by atoms with Gasteiger partial charge in [0.15, 0.2) is 19.7 Å². The fourth-order valence-electron chi connectivity index (χ4n) is 2.77. The first kappa shape index (κ1) is 18.5. The summed E-state index contributed by atoms with van der Waals surface area (Å²) < 4.78 is 62.1. The number of hydrogen-bond acceptors (Lipinski definition) is 5. The van der Waals surface area contributed by atoms with Crippen LogP contribution in [0.5, 0.6) is 0 Å². The number of carbonyl (C=O) groups excluding carboxylic acids is 1. The van der Waals surface area contributed by atoms with Crippen molar-refractivity contribution >= 4 is 31.3 Å². The number of benzene rings is 2. The van der Waals surface area contributed by atoms with Crippen molar-refractivity contribution in [2.45, 2.75) is 16.6 Å². The summed E-state index contributed by atoms with van der Waals surface area (Å²) in [6.07, 6.45) is 0.0380. The molecule has 3 rings (SSSR count). The first-order valence-electron chi connectivity index (χ1n) is 7.79. The van der Waals surface area contributed by atoms with Gasteiger partial charge in [-0.15, -0.1) is 0 Å². The predicted octanol–water partition coefficient (Wildman–Crippen LogP) is 2.04. The Hall–Kier alpha value is -2.26. The minimum absolute atomic E-state index is 0.0207. The molecule has 0 radical (unpaired) electrons. The van der Waals surface area contributed by atoms with E-state index in [1.807, 2.05) is 0 Å². The molecule has 1 aliphatic rings. The first-order chi connectivity index (χ1) is 12.2.